The predicted molar refractivity (Wildman–Crippen MR) is 103 cm³/mol. The molecule has 0 saturated carbocycles. The normalized spacial score (nSPS) is 16.5. The second-order valence-electron chi connectivity index (χ2n) is 5.94. The van der Waals surface area contributed by atoms with E-state index in [0.29, 0.717) is 38.7 Å². The molecule has 1 fully saturated rings. The Morgan fingerprint density at radius 1 is 1.23 bits per heavy atom. The second kappa shape index (κ2) is 11.2. The van der Waals surface area contributed by atoms with E-state index in [4.69, 9.17) is 5.11 Å². The number of rotatable bonds is 8. The minimum Gasteiger partial charge on any atom is -0.480 e. The van der Waals surface area contributed by atoms with Gasteiger partial charge in [-0.05, 0) is 24.6 Å². The lowest BCUT2D eigenvalue weighted by Crippen LogP contribution is -2.49. The Bertz CT molecular complexity index is 551. The number of aliphatic imine (C=N–C) groups is 1. The second-order valence-corrected chi connectivity index (χ2v) is 5.94. The zero-order chi connectivity index (χ0) is 19.5. The van der Waals surface area contributed by atoms with Gasteiger partial charge in [0, 0.05) is 46.8 Å². The molecule has 1 saturated heterocycles. The number of hydrogen-bond donors (Lipinski definition) is 1. The number of likely N-dealkylation sites (N-methyl/N-ethyl adjacent to an activating group) is 1. The Hall–Kier alpha value is -2.42. The maximum Gasteiger partial charge on any atom is 0.317 e. The van der Waals surface area contributed by atoms with Crippen LogP contribution < -0.4 is 0 Å². The number of nitrogens with zero attached hydrogens (tertiary/aromatic N) is 7. The summed E-state index contributed by atoms with van der Waals surface area (Å²) < 4.78 is 0. The first kappa shape index (κ1) is 21.6. The Morgan fingerprint density at radius 2 is 1.88 bits per heavy atom. The predicted octanol–water partition coefficient (Wildman–Crippen LogP) is 1.69. The van der Waals surface area contributed by atoms with E-state index in [1.165, 1.54) is 0 Å². The molecule has 146 valence electrons. The van der Waals surface area contributed by atoms with Gasteiger partial charge in [0.1, 0.15) is 0 Å². The lowest BCUT2D eigenvalue weighted by Gasteiger charge is -2.34. The van der Waals surface area contributed by atoms with Gasteiger partial charge in [0.2, 0.25) is 5.96 Å². The first-order valence-corrected chi connectivity index (χ1v) is 8.87. The van der Waals surface area contributed by atoms with Crippen molar-refractivity contribution >= 4 is 11.9 Å². The number of carboxylic acids is 1. The van der Waals surface area contributed by atoms with Crippen LogP contribution in [0.4, 0.5) is 0 Å². The quantitative estimate of drug-likeness (QED) is 0.232. The van der Waals surface area contributed by atoms with Gasteiger partial charge in [0.05, 0.1) is 12.2 Å². The summed E-state index contributed by atoms with van der Waals surface area (Å²) in [6.07, 6.45) is 4.92. The maximum atomic E-state index is 10.8. The molecule has 0 spiro atoms. The summed E-state index contributed by atoms with van der Waals surface area (Å²) in [5.41, 5.74) is 0.810. The maximum absolute atomic E-state index is 10.8. The topological polar surface area (TPSA) is 87.3 Å². The molecular weight excluding hydrogens is 334 g/mol. The molecule has 0 aliphatic carbocycles. The average Bonchev–Trinajstić information content (AvgIpc) is 2.62. The summed E-state index contributed by atoms with van der Waals surface area (Å²) in [7, 11) is 3.66. The number of hydrazine groups is 1. The zero-order valence-corrected chi connectivity index (χ0v) is 16.3. The molecule has 0 aromatic rings. The summed E-state index contributed by atoms with van der Waals surface area (Å²) in [5.74, 6) is -0.236. The zero-order valence-electron chi connectivity index (χ0n) is 16.3. The fourth-order valence-corrected chi connectivity index (χ4v) is 2.35. The number of aliphatic carboxylic acids is 1. The molecule has 26 heavy (non-hydrogen) atoms. The van der Waals surface area contributed by atoms with Crippen LogP contribution in [0, 0.1) is 0 Å². The molecule has 1 heterocycles. The largest absolute Gasteiger partial charge is 0.480 e. The first-order valence-electron chi connectivity index (χ1n) is 8.87. The van der Waals surface area contributed by atoms with Gasteiger partial charge in [-0.15, -0.1) is 0 Å². The standard InChI is InChI=1S/C17H31N7O2/c1-6-8-9-15(3)21(4)22(5)20-19-17(18-7-2)24-12-10-23(11-13-24)14-16(25)26/h8-9H,3,6-7,10-14H2,1-2,4-5H3,(H,25,26)/b9-8-,18-17+,20-19-. The van der Waals surface area contributed by atoms with Crippen LogP contribution in [0.15, 0.2) is 39.8 Å². The van der Waals surface area contributed by atoms with Gasteiger partial charge >= 0.3 is 5.97 Å². The summed E-state index contributed by atoms with van der Waals surface area (Å²) in [5, 5.41) is 20.8. The van der Waals surface area contributed by atoms with E-state index in [1.807, 2.05) is 35.9 Å². The SMILES string of the molecule is C=C(/C=C\CC)N(C)N(C)/N=N\C(=N/CC)N1CCN(CC(=O)O)CC1. The molecule has 9 heteroatoms. The van der Waals surface area contributed by atoms with Gasteiger partial charge in [-0.3, -0.25) is 19.7 Å². The van der Waals surface area contributed by atoms with Crippen LogP contribution in [-0.4, -0.2) is 90.3 Å². The third-order valence-electron chi connectivity index (χ3n) is 3.97. The van der Waals surface area contributed by atoms with E-state index in [-0.39, 0.29) is 6.54 Å². The van der Waals surface area contributed by atoms with Crippen LogP contribution in [0.2, 0.25) is 0 Å². The van der Waals surface area contributed by atoms with Crippen molar-refractivity contribution in [1.29, 1.82) is 0 Å². The highest BCUT2D eigenvalue weighted by atomic mass is 16.4. The van der Waals surface area contributed by atoms with Gasteiger partial charge in [-0.25, -0.2) is 0 Å². The number of carboxylic acid groups (broad SMARTS) is 1. The van der Waals surface area contributed by atoms with E-state index in [2.05, 4.69) is 28.8 Å². The van der Waals surface area contributed by atoms with Crippen LogP contribution in [-0.2, 0) is 4.79 Å². The molecule has 1 N–H and O–H groups in total. The monoisotopic (exact) mass is 365 g/mol. The van der Waals surface area contributed by atoms with Crippen LogP contribution in [0.25, 0.3) is 0 Å². The highest BCUT2D eigenvalue weighted by Crippen LogP contribution is 2.08. The summed E-state index contributed by atoms with van der Waals surface area (Å²) in [6.45, 7) is 11.4. The Morgan fingerprint density at radius 3 is 2.42 bits per heavy atom. The van der Waals surface area contributed by atoms with Crippen molar-refractivity contribution in [3.8, 4) is 0 Å². The molecule has 1 aliphatic rings. The van der Waals surface area contributed by atoms with E-state index in [9.17, 15) is 4.79 Å². The van der Waals surface area contributed by atoms with Gasteiger partial charge in [-0.1, -0.05) is 24.7 Å². The van der Waals surface area contributed by atoms with Crippen molar-refractivity contribution in [2.24, 2.45) is 15.3 Å². The molecule has 0 bridgehead atoms. The fraction of sp³-hybridized carbons (Fsp3) is 0.647. The lowest BCUT2D eigenvalue weighted by atomic mass is 10.3. The van der Waals surface area contributed by atoms with Crippen molar-refractivity contribution in [2.75, 3.05) is 53.4 Å². The van der Waals surface area contributed by atoms with Crippen molar-refractivity contribution < 1.29 is 9.90 Å². The van der Waals surface area contributed by atoms with E-state index >= 15 is 0 Å². The highest BCUT2D eigenvalue weighted by molar-refractivity contribution is 5.80. The van der Waals surface area contributed by atoms with Crippen LogP contribution >= 0.6 is 0 Å². The fourth-order valence-electron chi connectivity index (χ4n) is 2.35. The summed E-state index contributed by atoms with van der Waals surface area (Å²) in [6, 6.07) is 0. The number of carbonyl (C=O) groups is 1. The molecule has 0 atom stereocenters. The number of allylic oxidation sites excluding steroid dienone is 2. The van der Waals surface area contributed by atoms with E-state index < -0.39 is 5.97 Å². The first-order chi connectivity index (χ1) is 12.4. The molecule has 9 nitrogen and oxygen atoms in total. The number of hydrogen-bond acceptors (Lipinski definition) is 5. The van der Waals surface area contributed by atoms with Crippen LogP contribution in [0.5, 0.6) is 0 Å². The number of guanidine groups is 1. The van der Waals surface area contributed by atoms with Gasteiger partial charge in [0.25, 0.3) is 0 Å². The van der Waals surface area contributed by atoms with Crippen molar-refractivity contribution in [3.05, 3.63) is 24.4 Å². The van der Waals surface area contributed by atoms with E-state index in [1.54, 1.807) is 17.2 Å². The molecule has 0 unspecified atom stereocenters. The minimum atomic E-state index is -0.803. The smallest absolute Gasteiger partial charge is 0.317 e. The molecule has 0 radical (unpaired) electrons. The van der Waals surface area contributed by atoms with Gasteiger partial charge in [0.15, 0.2) is 0 Å². The molecule has 1 aliphatic heterocycles. The van der Waals surface area contributed by atoms with Crippen molar-refractivity contribution in [2.45, 2.75) is 20.3 Å². The summed E-state index contributed by atoms with van der Waals surface area (Å²) >= 11 is 0. The molecule has 0 amide bonds. The Labute approximate surface area is 155 Å². The molecule has 1 rings (SSSR count). The molecule has 0 aromatic heterocycles. The average molecular weight is 365 g/mol. The third-order valence-corrected chi connectivity index (χ3v) is 3.97. The van der Waals surface area contributed by atoms with Crippen molar-refractivity contribution in [3.63, 3.8) is 0 Å². The Kier molecular flexibility index (Phi) is 9.35. The highest BCUT2D eigenvalue weighted by Gasteiger charge is 2.21. The molecular formula is C17H31N7O2. The van der Waals surface area contributed by atoms with E-state index in [0.717, 1.165) is 12.1 Å². The van der Waals surface area contributed by atoms with Crippen LogP contribution in [0.3, 0.4) is 0 Å². The molecule has 0 aromatic carbocycles. The third kappa shape index (κ3) is 7.22. The lowest BCUT2D eigenvalue weighted by molar-refractivity contribution is -0.138. The van der Waals surface area contributed by atoms with Gasteiger partial charge < -0.3 is 10.0 Å². The van der Waals surface area contributed by atoms with Crippen LogP contribution in [0.1, 0.15) is 20.3 Å². The summed E-state index contributed by atoms with van der Waals surface area (Å²) in [4.78, 5) is 19.2. The van der Waals surface area contributed by atoms with Crippen molar-refractivity contribution in [1.82, 2.24) is 19.9 Å². The minimum absolute atomic E-state index is 0.0660. The Balaban J connectivity index is 2.66. The van der Waals surface area contributed by atoms with Gasteiger partial charge in [-0.2, -0.15) is 5.12 Å². The number of piperazine rings is 1.